The van der Waals surface area contributed by atoms with Gasteiger partial charge in [-0.05, 0) is 73.4 Å². The molecule has 1 atom stereocenters. The summed E-state index contributed by atoms with van der Waals surface area (Å²) >= 11 is 0. The first-order valence-corrected chi connectivity index (χ1v) is 15.7. The van der Waals surface area contributed by atoms with Crippen molar-refractivity contribution in [3.8, 4) is 0 Å². The molecule has 1 unspecified atom stereocenters. The molecule has 3 fully saturated rings. The Hall–Kier alpha value is -3.71. The van der Waals surface area contributed by atoms with Gasteiger partial charge in [-0.3, -0.25) is 20.1 Å². The Morgan fingerprint density at radius 3 is 2.50 bits per heavy atom. The SMILES string of the molecule is O=C1NC(=NC2CCCCC2)C2(CCN(Cc3cccc4c3NC(Cc3ccccc3)C4)CC2)N1c1cccc(F)c1. The molecule has 1 spiro atoms. The van der Waals surface area contributed by atoms with Crippen LogP contribution in [0.5, 0.6) is 0 Å². The van der Waals surface area contributed by atoms with E-state index in [-0.39, 0.29) is 17.9 Å². The summed E-state index contributed by atoms with van der Waals surface area (Å²) in [6.45, 7) is 2.53. The van der Waals surface area contributed by atoms with E-state index in [1.807, 2.05) is 6.07 Å². The molecule has 2 saturated heterocycles. The predicted octanol–water partition coefficient (Wildman–Crippen LogP) is 6.70. The third kappa shape index (κ3) is 5.31. The summed E-state index contributed by atoms with van der Waals surface area (Å²) in [6, 6.07) is 24.3. The van der Waals surface area contributed by atoms with Crippen LogP contribution in [0.15, 0.2) is 77.8 Å². The van der Waals surface area contributed by atoms with Gasteiger partial charge >= 0.3 is 6.03 Å². The van der Waals surface area contributed by atoms with E-state index in [0.717, 1.165) is 64.0 Å². The van der Waals surface area contributed by atoms with Crippen LogP contribution in [0, 0.1) is 5.82 Å². The van der Waals surface area contributed by atoms with E-state index in [1.165, 1.54) is 53.8 Å². The monoisotopic (exact) mass is 565 g/mol. The molecular weight excluding hydrogens is 525 g/mol. The highest BCUT2D eigenvalue weighted by molar-refractivity contribution is 6.19. The van der Waals surface area contributed by atoms with Gasteiger partial charge < -0.3 is 5.32 Å². The van der Waals surface area contributed by atoms with Crippen molar-refractivity contribution in [2.45, 2.75) is 82.0 Å². The number of anilines is 2. The standard InChI is InChI=1S/C35H40FN5O/c36-28-13-8-16-31(23-28)41-34(42)39-33(38-29-14-5-2-6-15-29)35(41)17-19-40(20-18-35)24-27-12-7-11-26-22-30(37-32(26)27)21-25-9-3-1-4-10-25/h1,3-4,7-13,16,23,29-30,37H,2,5-6,14-15,17-22,24H2,(H,38,39,42). The first kappa shape index (κ1) is 27.1. The fraction of sp³-hybridized carbons (Fsp3) is 0.429. The normalized spacial score (nSPS) is 23.3. The number of para-hydroxylation sites is 1. The zero-order valence-corrected chi connectivity index (χ0v) is 24.2. The Morgan fingerprint density at radius 2 is 1.71 bits per heavy atom. The maximum absolute atomic E-state index is 14.3. The van der Waals surface area contributed by atoms with Crippen LogP contribution >= 0.6 is 0 Å². The predicted molar refractivity (Wildman–Crippen MR) is 167 cm³/mol. The van der Waals surface area contributed by atoms with Gasteiger partial charge in [0.05, 0.1) is 6.04 Å². The number of carbonyl (C=O) groups excluding carboxylic acids is 1. The summed E-state index contributed by atoms with van der Waals surface area (Å²) in [5, 5.41) is 6.98. The van der Waals surface area contributed by atoms with Gasteiger partial charge in [-0.1, -0.05) is 73.9 Å². The van der Waals surface area contributed by atoms with E-state index in [4.69, 9.17) is 4.99 Å². The van der Waals surface area contributed by atoms with Crippen molar-refractivity contribution in [1.29, 1.82) is 0 Å². The number of hydrogen-bond acceptors (Lipinski definition) is 4. The lowest BCUT2D eigenvalue weighted by Crippen LogP contribution is -2.57. The minimum atomic E-state index is -0.573. The Bertz CT molecular complexity index is 1460. The molecule has 6 nitrogen and oxygen atoms in total. The highest BCUT2D eigenvalue weighted by atomic mass is 19.1. The Balaban J connectivity index is 1.10. The number of halogens is 1. The van der Waals surface area contributed by atoms with Crippen molar-refractivity contribution in [1.82, 2.24) is 10.2 Å². The number of amidine groups is 1. The van der Waals surface area contributed by atoms with Crippen molar-refractivity contribution in [3.05, 3.63) is 95.3 Å². The lowest BCUT2D eigenvalue weighted by Gasteiger charge is -2.44. The summed E-state index contributed by atoms with van der Waals surface area (Å²) in [5.41, 5.74) is 5.40. The Kier molecular flexibility index (Phi) is 7.45. The molecule has 0 bridgehead atoms. The van der Waals surface area contributed by atoms with Crippen molar-refractivity contribution in [2.24, 2.45) is 4.99 Å². The van der Waals surface area contributed by atoms with Gasteiger partial charge in [-0.15, -0.1) is 0 Å². The van der Waals surface area contributed by atoms with Gasteiger partial charge in [-0.2, -0.15) is 0 Å². The number of piperidine rings is 1. The summed E-state index contributed by atoms with van der Waals surface area (Å²) in [5.74, 6) is 0.455. The van der Waals surface area contributed by atoms with Gasteiger partial charge in [-0.25, -0.2) is 9.18 Å². The lowest BCUT2D eigenvalue weighted by molar-refractivity contribution is 0.184. The van der Waals surface area contributed by atoms with Crippen molar-refractivity contribution in [2.75, 3.05) is 23.3 Å². The van der Waals surface area contributed by atoms with Crippen molar-refractivity contribution >= 4 is 23.2 Å². The second-order valence-corrected chi connectivity index (χ2v) is 12.5. The molecule has 3 aromatic rings. The summed E-state index contributed by atoms with van der Waals surface area (Å²) in [7, 11) is 0. The third-order valence-corrected chi connectivity index (χ3v) is 9.70. The Labute approximate surface area is 248 Å². The second-order valence-electron chi connectivity index (χ2n) is 12.5. The van der Waals surface area contributed by atoms with Crippen LogP contribution in [0.1, 0.15) is 61.6 Å². The second kappa shape index (κ2) is 11.5. The average Bonchev–Trinajstić information content (AvgIpc) is 3.53. The highest BCUT2D eigenvalue weighted by Gasteiger charge is 2.53. The van der Waals surface area contributed by atoms with Crippen molar-refractivity contribution < 1.29 is 9.18 Å². The molecule has 1 aliphatic carbocycles. The maximum atomic E-state index is 14.3. The molecule has 1 saturated carbocycles. The van der Waals surface area contributed by atoms with Gasteiger partial charge in [0, 0.05) is 37.1 Å². The van der Waals surface area contributed by atoms with Crippen molar-refractivity contribution in [3.63, 3.8) is 0 Å². The number of likely N-dealkylation sites (tertiary alicyclic amines) is 1. The first-order valence-electron chi connectivity index (χ1n) is 15.7. The van der Waals surface area contributed by atoms with Crippen LogP contribution in [0.4, 0.5) is 20.6 Å². The van der Waals surface area contributed by atoms with Gasteiger partial charge in [0.2, 0.25) is 0 Å². The molecule has 7 heteroatoms. The van der Waals surface area contributed by atoms with Gasteiger partial charge in [0.15, 0.2) is 0 Å². The minimum absolute atomic E-state index is 0.196. The molecule has 3 heterocycles. The zero-order chi connectivity index (χ0) is 28.5. The molecule has 2 N–H and O–H groups in total. The first-order chi connectivity index (χ1) is 20.6. The molecule has 42 heavy (non-hydrogen) atoms. The largest absolute Gasteiger partial charge is 0.381 e. The summed E-state index contributed by atoms with van der Waals surface area (Å²) < 4.78 is 14.3. The van der Waals surface area contributed by atoms with Crippen LogP contribution in [0.3, 0.4) is 0 Å². The maximum Gasteiger partial charge on any atom is 0.328 e. The molecule has 2 amide bonds. The van der Waals surface area contributed by atoms with E-state index in [2.05, 4.69) is 64.1 Å². The number of aliphatic imine (C=N–C) groups is 1. The molecule has 3 aliphatic heterocycles. The zero-order valence-electron chi connectivity index (χ0n) is 24.2. The summed E-state index contributed by atoms with van der Waals surface area (Å²) in [6.07, 6.45) is 9.34. The van der Waals surface area contributed by atoms with Crippen LogP contribution in [-0.2, 0) is 19.4 Å². The topological polar surface area (TPSA) is 60.0 Å². The quantitative estimate of drug-likeness (QED) is 0.350. The van der Waals surface area contributed by atoms with Crippen LogP contribution < -0.4 is 15.5 Å². The number of nitrogens with one attached hydrogen (secondary N) is 2. The van der Waals surface area contributed by atoms with E-state index in [9.17, 15) is 9.18 Å². The van der Waals surface area contributed by atoms with E-state index >= 15 is 0 Å². The molecule has 218 valence electrons. The number of rotatable bonds is 6. The number of urea groups is 1. The van der Waals surface area contributed by atoms with Crippen LogP contribution in [0.2, 0.25) is 0 Å². The molecular formula is C35H40FN5O. The molecule has 4 aliphatic rings. The minimum Gasteiger partial charge on any atom is -0.381 e. The Morgan fingerprint density at radius 1 is 0.929 bits per heavy atom. The molecule has 0 radical (unpaired) electrons. The van der Waals surface area contributed by atoms with Crippen LogP contribution in [0.25, 0.3) is 0 Å². The molecule has 0 aromatic heterocycles. The third-order valence-electron chi connectivity index (χ3n) is 9.70. The number of amides is 2. The lowest BCUT2D eigenvalue weighted by atomic mass is 9.84. The van der Waals surface area contributed by atoms with Crippen LogP contribution in [-0.4, -0.2) is 47.5 Å². The fourth-order valence-electron chi connectivity index (χ4n) is 7.56. The average molecular weight is 566 g/mol. The summed E-state index contributed by atoms with van der Waals surface area (Å²) in [4.78, 5) is 22.9. The van der Waals surface area contributed by atoms with E-state index in [1.54, 1.807) is 11.0 Å². The highest BCUT2D eigenvalue weighted by Crippen LogP contribution is 2.40. The van der Waals surface area contributed by atoms with E-state index < -0.39 is 5.54 Å². The number of carbonyl (C=O) groups is 1. The molecule has 3 aromatic carbocycles. The van der Waals surface area contributed by atoms with E-state index in [0.29, 0.717) is 11.7 Å². The van der Waals surface area contributed by atoms with Gasteiger partial charge in [0.1, 0.15) is 17.2 Å². The molecule has 7 rings (SSSR count). The van der Waals surface area contributed by atoms with Gasteiger partial charge in [0.25, 0.3) is 0 Å². The number of hydrogen-bond donors (Lipinski definition) is 2. The smallest absolute Gasteiger partial charge is 0.328 e. The number of fused-ring (bicyclic) bond motifs is 1. The fourth-order valence-corrected chi connectivity index (χ4v) is 7.56. The number of benzene rings is 3. The number of nitrogens with zero attached hydrogens (tertiary/aromatic N) is 3.